The number of nitrogens with one attached hydrogen (secondary N) is 2. The van der Waals surface area contributed by atoms with Gasteiger partial charge in [0.05, 0.1) is 12.0 Å². The van der Waals surface area contributed by atoms with Gasteiger partial charge in [-0.05, 0) is 47.9 Å². The Hall–Kier alpha value is -3.35. The molecule has 2 aliphatic rings. The van der Waals surface area contributed by atoms with Crippen molar-refractivity contribution in [1.29, 1.82) is 0 Å². The lowest BCUT2D eigenvalue weighted by atomic mass is 9.74. The average molecular weight is 479 g/mol. The third-order valence-electron chi connectivity index (χ3n) is 7.21. The summed E-state index contributed by atoms with van der Waals surface area (Å²) in [6.45, 7) is 2.27. The summed E-state index contributed by atoms with van der Waals surface area (Å²) in [5.41, 5.74) is 3.98. The maximum absolute atomic E-state index is 12.7. The SMILES string of the molecule is CCCC[C@H](CC(=O)NC1(CC(=O)O)CCC1)NC(=O)OCC1c2ccccc2-c2ccccc21. The average Bonchev–Trinajstić information content (AvgIpc) is 3.13. The summed E-state index contributed by atoms with van der Waals surface area (Å²) in [7, 11) is 0. The molecule has 4 rings (SSSR count). The van der Waals surface area contributed by atoms with Crippen molar-refractivity contribution in [3.8, 4) is 11.1 Å². The Morgan fingerprint density at radius 2 is 1.69 bits per heavy atom. The summed E-state index contributed by atoms with van der Waals surface area (Å²) in [6, 6.07) is 16.0. The highest BCUT2D eigenvalue weighted by Crippen LogP contribution is 2.44. The maximum Gasteiger partial charge on any atom is 0.407 e. The largest absolute Gasteiger partial charge is 0.481 e. The molecule has 0 aromatic heterocycles. The lowest BCUT2D eigenvalue weighted by Gasteiger charge is -2.41. The van der Waals surface area contributed by atoms with Gasteiger partial charge in [-0.15, -0.1) is 0 Å². The number of rotatable bonds is 11. The first-order valence-corrected chi connectivity index (χ1v) is 12.5. The van der Waals surface area contributed by atoms with Crippen molar-refractivity contribution in [2.75, 3.05) is 6.61 Å². The summed E-state index contributed by atoms with van der Waals surface area (Å²) in [5, 5.41) is 15.0. The van der Waals surface area contributed by atoms with E-state index in [4.69, 9.17) is 4.74 Å². The molecule has 7 nitrogen and oxygen atoms in total. The fourth-order valence-electron chi connectivity index (χ4n) is 5.29. The van der Waals surface area contributed by atoms with Gasteiger partial charge in [0.15, 0.2) is 0 Å². The number of carboxylic acid groups (broad SMARTS) is 1. The third kappa shape index (κ3) is 5.84. The van der Waals surface area contributed by atoms with Crippen LogP contribution in [0.2, 0.25) is 0 Å². The van der Waals surface area contributed by atoms with Crippen molar-refractivity contribution in [2.24, 2.45) is 0 Å². The summed E-state index contributed by atoms with van der Waals surface area (Å²) >= 11 is 0. The van der Waals surface area contributed by atoms with Gasteiger partial charge in [-0.1, -0.05) is 68.3 Å². The minimum Gasteiger partial charge on any atom is -0.481 e. The molecular weight excluding hydrogens is 444 g/mol. The van der Waals surface area contributed by atoms with Crippen LogP contribution in [0.15, 0.2) is 48.5 Å². The van der Waals surface area contributed by atoms with Crippen LogP contribution in [0.1, 0.15) is 75.3 Å². The van der Waals surface area contributed by atoms with Crippen molar-refractivity contribution >= 4 is 18.0 Å². The van der Waals surface area contributed by atoms with Gasteiger partial charge < -0.3 is 20.5 Å². The number of fused-ring (bicyclic) bond motifs is 3. The molecule has 0 saturated heterocycles. The number of hydrogen-bond acceptors (Lipinski definition) is 4. The van der Waals surface area contributed by atoms with E-state index in [0.29, 0.717) is 19.3 Å². The van der Waals surface area contributed by atoms with Crippen molar-refractivity contribution in [3.05, 3.63) is 59.7 Å². The number of carbonyl (C=O) groups is 3. The van der Waals surface area contributed by atoms with Crippen LogP contribution in [0.25, 0.3) is 11.1 Å². The molecule has 1 saturated carbocycles. The Balaban J connectivity index is 1.35. The van der Waals surface area contributed by atoms with Crippen molar-refractivity contribution in [2.45, 2.75) is 75.8 Å². The van der Waals surface area contributed by atoms with Crippen LogP contribution < -0.4 is 10.6 Å². The van der Waals surface area contributed by atoms with Crippen LogP contribution in [0.5, 0.6) is 0 Å². The first kappa shape index (κ1) is 24.8. The standard InChI is InChI=1S/C28H34N2O5/c1-2-3-9-19(16-25(31)30-28(14-8-15-28)17-26(32)33)29-27(34)35-18-24-22-12-6-4-10-20(22)21-11-5-7-13-23(21)24/h4-7,10-13,19,24H,2-3,8-9,14-18H2,1H3,(H,29,34)(H,30,31)(H,32,33)/t19-/m1/s1. The van der Waals surface area contributed by atoms with Gasteiger partial charge in [-0.25, -0.2) is 4.79 Å². The van der Waals surface area contributed by atoms with E-state index in [9.17, 15) is 19.5 Å². The van der Waals surface area contributed by atoms with E-state index in [2.05, 4.69) is 41.8 Å². The lowest BCUT2D eigenvalue weighted by Crippen LogP contribution is -2.55. The Bertz CT molecular complexity index is 1030. The minimum absolute atomic E-state index is 0.0277. The number of carbonyl (C=O) groups excluding carboxylic acids is 2. The van der Waals surface area contributed by atoms with E-state index >= 15 is 0 Å². The number of ether oxygens (including phenoxy) is 1. The summed E-state index contributed by atoms with van der Waals surface area (Å²) in [6.07, 6.45) is 4.20. The third-order valence-corrected chi connectivity index (χ3v) is 7.21. The fraction of sp³-hybridized carbons (Fsp3) is 0.464. The van der Waals surface area contributed by atoms with E-state index < -0.39 is 17.6 Å². The monoisotopic (exact) mass is 478 g/mol. The number of benzene rings is 2. The molecule has 0 radical (unpaired) electrons. The molecule has 1 fully saturated rings. The summed E-state index contributed by atoms with van der Waals surface area (Å²) in [5.74, 6) is -1.17. The quantitative estimate of drug-likeness (QED) is 0.422. The zero-order valence-corrected chi connectivity index (χ0v) is 20.2. The first-order valence-electron chi connectivity index (χ1n) is 12.5. The van der Waals surface area contributed by atoms with E-state index in [1.165, 1.54) is 11.1 Å². The van der Waals surface area contributed by atoms with Gasteiger partial charge >= 0.3 is 12.1 Å². The van der Waals surface area contributed by atoms with Gasteiger partial charge in [0, 0.05) is 18.4 Å². The van der Waals surface area contributed by atoms with E-state index in [1.54, 1.807) is 0 Å². The van der Waals surface area contributed by atoms with Crippen LogP contribution in [0.3, 0.4) is 0 Å². The van der Waals surface area contributed by atoms with Gasteiger partial charge in [-0.3, -0.25) is 9.59 Å². The lowest BCUT2D eigenvalue weighted by molar-refractivity contribution is -0.140. The fourth-order valence-corrected chi connectivity index (χ4v) is 5.29. The number of carboxylic acids is 1. The zero-order chi connectivity index (χ0) is 24.8. The molecule has 0 spiro atoms. The molecule has 7 heteroatoms. The van der Waals surface area contributed by atoms with Gasteiger partial charge in [0.25, 0.3) is 0 Å². The molecule has 0 aliphatic heterocycles. The Kier molecular flexibility index (Phi) is 7.73. The molecule has 186 valence electrons. The van der Waals surface area contributed by atoms with E-state index in [0.717, 1.165) is 30.4 Å². The highest BCUT2D eigenvalue weighted by Gasteiger charge is 2.40. The molecule has 2 aromatic carbocycles. The second-order valence-electron chi connectivity index (χ2n) is 9.77. The molecule has 3 N–H and O–H groups in total. The Morgan fingerprint density at radius 1 is 1.06 bits per heavy atom. The molecule has 1 atom stereocenters. The number of unbranched alkanes of at least 4 members (excludes halogenated alkanes) is 1. The highest BCUT2D eigenvalue weighted by molar-refractivity contribution is 5.80. The highest BCUT2D eigenvalue weighted by atomic mass is 16.5. The van der Waals surface area contributed by atoms with Gasteiger partial charge in [0.2, 0.25) is 5.91 Å². The Labute approximate surface area is 206 Å². The second kappa shape index (κ2) is 10.9. The second-order valence-corrected chi connectivity index (χ2v) is 9.77. The van der Waals surface area contributed by atoms with Crippen LogP contribution in [0, 0.1) is 0 Å². The molecule has 35 heavy (non-hydrogen) atoms. The van der Waals surface area contributed by atoms with Crippen LogP contribution in [-0.4, -0.2) is 41.3 Å². The number of hydrogen-bond donors (Lipinski definition) is 3. The maximum atomic E-state index is 12.7. The predicted molar refractivity (Wildman–Crippen MR) is 133 cm³/mol. The summed E-state index contributed by atoms with van der Waals surface area (Å²) < 4.78 is 5.66. The smallest absolute Gasteiger partial charge is 0.407 e. The van der Waals surface area contributed by atoms with Crippen molar-refractivity contribution in [1.82, 2.24) is 10.6 Å². The molecule has 2 aromatic rings. The molecule has 0 heterocycles. The number of alkyl carbamates (subject to hydrolysis) is 1. The van der Waals surface area contributed by atoms with Crippen LogP contribution in [-0.2, 0) is 14.3 Å². The van der Waals surface area contributed by atoms with Gasteiger partial charge in [0.1, 0.15) is 6.61 Å². The summed E-state index contributed by atoms with van der Waals surface area (Å²) in [4.78, 5) is 36.7. The van der Waals surface area contributed by atoms with E-state index in [-0.39, 0.29) is 37.3 Å². The molecular formula is C28H34N2O5. The minimum atomic E-state index is -0.913. The Morgan fingerprint density at radius 3 is 2.23 bits per heavy atom. The number of aliphatic carboxylic acids is 1. The van der Waals surface area contributed by atoms with Crippen molar-refractivity contribution in [3.63, 3.8) is 0 Å². The van der Waals surface area contributed by atoms with Crippen LogP contribution in [0.4, 0.5) is 4.79 Å². The predicted octanol–water partition coefficient (Wildman–Crippen LogP) is 4.99. The molecule has 2 aliphatic carbocycles. The number of amides is 2. The first-order chi connectivity index (χ1) is 16.9. The van der Waals surface area contributed by atoms with E-state index in [1.807, 2.05) is 24.3 Å². The normalized spacial score (nSPS) is 16.4. The molecule has 0 unspecified atom stereocenters. The van der Waals surface area contributed by atoms with Gasteiger partial charge in [-0.2, -0.15) is 0 Å². The zero-order valence-electron chi connectivity index (χ0n) is 20.2. The molecule has 0 bridgehead atoms. The molecule has 2 amide bonds. The topological polar surface area (TPSA) is 105 Å². The van der Waals surface area contributed by atoms with Crippen molar-refractivity contribution < 1.29 is 24.2 Å². The van der Waals surface area contributed by atoms with Crippen LogP contribution >= 0.6 is 0 Å².